The van der Waals surface area contributed by atoms with Gasteiger partial charge in [-0.15, -0.1) is 0 Å². The average Bonchev–Trinajstić information content (AvgIpc) is 2.53. The first kappa shape index (κ1) is 14.4. The third-order valence-corrected chi connectivity index (χ3v) is 3.01. The lowest BCUT2D eigenvalue weighted by Gasteiger charge is -2.04. The number of carbonyl (C=O) groups is 2. The maximum Gasteiger partial charge on any atom is 0.196 e. The zero-order valence-corrected chi connectivity index (χ0v) is 11.5. The monoisotopic (exact) mass is 275 g/mol. The van der Waals surface area contributed by atoms with E-state index in [4.69, 9.17) is 5.26 Å². The van der Waals surface area contributed by atoms with Gasteiger partial charge in [-0.1, -0.05) is 42.5 Å². The SMILES string of the molecule is CC(=O)/C(=C/c1ccc(C#N)cc1)C(=O)c1ccccc1. The second kappa shape index (κ2) is 6.44. The summed E-state index contributed by atoms with van der Waals surface area (Å²) in [6.45, 7) is 1.37. The average molecular weight is 275 g/mol. The van der Waals surface area contributed by atoms with Crippen LogP contribution in [0.15, 0.2) is 60.2 Å². The minimum Gasteiger partial charge on any atom is -0.294 e. The van der Waals surface area contributed by atoms with Gasteiger partial charge in [0.15, 0.2) is 11.6 Å². The molecule has 0 amide bonds. The van der Waals surface area contributed by atoms with Crippen molar-refractivity contribution in [3.63, 3.8) is 0 Å². The molecule has 0 saturated heterocycles. The molecular weight excluding hydrogens is 262 g/mol. The Kier molecular flexibility index (Phi) is 4.43. The maximum atomic E-state index is 12.4. The Bertz CT molecular complexity index is 735. The molecule has 0 N–H and O–H groups in total. The predicted molar refractivity (Wildman–Crippen MR) is 80.6 cm³/mol. The van der Waals surface area contributed by atoms with Crippen molar-refractivity contribution in [2.75, 3.05) is 0 Å². The molecule has 102 valence electrons. The van der Waals surface area contributed by atoms with Gasteiger partial charge >= 0.3 is 0 Å². The van der Waals surface area contributed by atoms with Crippen molar-refractivity contribution in [2.24, 2.45) is 0 Å². The smallest absolute Gasteiger partial charge is 0.196 e. The second-order valence-corrected chi connectivity index (χ2v) is 4.54. The van der Waals surface area contributed by atoms with E-state index >= 15 is 0 Å². The molecule has 21 heavy (non-hydrogen) atoms. The molecule has 0 aliphatic rings. The van der Waals surface area contributed by atoms with Crippen LogP contribution in [0.2, 0.25) is 0 Å². The van der Waals surface area contributed by atoms with Gasteiger partial charge in [-0.2, -0.15) is 5.26 Å². The van der Waals surface area contributed by atoms with Gasteiger partial charge in [0.2, 0.25) is 0 Å². The van der Waals surface area contributed by atoms with Crippen LogP contribution in [0, 0.1) is 11.3 Å². The molecule has 3 nitrogen and oxygen atoms in total. The van der Waals surface area contributed by atoms with Crippen LogP contribution in [-0.2, 0) is 4.79 Å². The Hall–Kier alpha value is -2.99. The maximum absolute atomic E-state index is 12.4. The molecule has 0 aromatic heterocycles. The summed E-state index contributed by atoms with van der Waals surface area (Å²) in [6, 6.07) is 17.4. The first-order valence-electron chi connectivity index (χ1n) is 6.44. The normalized spacial score (nSPS) is 10.8. The molecule has 0 radical (unpaired) electrons. The van der Waals surface area contributed by atoms with E-state index in [1.165, 1.54) is 6.92 Å². The molecule has 2 aromatic carbocycles. The lowest BCUT2D eigenvalue weighted by molar-refractivity contribution is -0.113. The molecule has 0 aliphatic carbocycles. The molecule has 2 aromatic rings. The van der Waals surface area contributed by atoms with Crippen molar-refractivity contribution < 1.29 is 9.59 Å². The van der Waals surface area contributed by atoms with Gasteiger partial charge in [0, 0.05) is 5.56 Å². The van der Waals surface area contributed by atoms with Gasteiger partial charge in [0.1, 0.15) is 0 Å². The van der Waals surface area contributed by atoms with Crippen molar-refractivity contribution >= 4 is 17.6 Å². The summed E-state index contributed by atoms with van der Waals surface area (Å²) in [7, 11) is 0. The number of Topliss-reactive ketones (excluding diaryl/α,β-unsaturated/α-hetero) is 2. The molecule has 2 rings (SSSR count). The number of allylic oxidation sites excluding steroid dienone is 1. The van der Waals surface area contributed by atoms with Crippen LogP contribution in [0.5, 0.6) is 0 Å². The Balaban J connectivity index is 2.39. The topological polar surface area (TPSA) is 57.9 Å². The minimum atomic E-state index is -0.299. The number of nitriles is 1. The number of hydrogen-bond donors (Lipinski definition) is 0. The van der Waals surface area contributed by atoms with E-state index in [0.29, 0.717) is 16.7 Å². The molecular formula is C18H13NO2. The number of carbonyl (C=O) groups excluding carboxylic acids is 2. The number of benzene rings is 2. The highest BCUT2D eigenvalue weighted by molar-refractivity contribution is 6.28. The van der Waals surface area contributed by atoms with Gasteiger partial charge in [0.05, 0.1) is 17.2 Å². The first-order valence-corrected chi connectivity index (χ1v) is 6.44. The van der Waals surface area contributed by atoms with Gasteiger partial charge < -0.3 is 0 Å². The van der Waals surface area contributed by atoms with E-state index in [9.17, 15) is 9.59 Å². The van der Waals surface area contributed by atoms with Crippen molar-refractivity contribution in [1.29, 1.82) is 5.26 Å². The van der Waals surface area contributed by atoms with E-state index in [0.717, 1.165) is 0 Å². The number of ketones is 2. The van der Waals surface area contributed by atoms with Crippen molar-refractivity contribution in [2.45, 2.75) is 6.92 Å². The molecule has 3 heteroatoms. The Labute approximate surface area is 123 Å². The summed E-state index contributed by atoms with van der Waals surface area (Å²) in [4.78, 5) is 24.1. The van der Waals surface area contributed by atoms with Crippen molar-refractivity contribution in [3.05, 3.63) is 76.9 Å². The summed E-state index contributed by atoms with van der Waals surface area (Å²) in [5, 5.41) is 8.76. The van der Waals surface area contributed by atoms with E-state index in [1.54, 1.807) is 54.6 Å². The van der Waals surface area contributed by atoms with Gasteiger partial charge in [-0.25, -0.2) is 0 Å². The lowest BCUT2D eigenvalue weighted by Crippen LogP contribution is -2.10. The van der Waals surface area contributed by atoms with Crippen molar-refractivity contribution in [1.82, 2.24) is 0 Å². The minimum absolute atomic E-state index is 0.130. The number of hydrogen-bond acceptors (Lipinski definition) is 3. The molecule has 0 unspecified atom stereocenters. The number of nitrogens with zero attached hydrogens (tertiary/aromatic N) is 1. The fraction of sp³-hybridized carbons (Fsp3) is 0.0556. The highest BCUT2D eigenvalue weighted by atomic mass is 16.1. The summed E-state index contributed by atoms with van der Waals surface area (Å²) in [6.07, 6.45) is 1.55. The molecule has 0 heterocycles. The lowest BCUT2D eigenvalue weighted by atomic mass is 9.98. The largest absolute Gasteiger partial charge is 0.294 e. The Morgan fingerprint density at radius 1 is 1.00 bits per heavy atom. The van der Waals surface area contributed by atoms with Crippen LogP contribution in [0.25, 0.3) is 6.08 Å². The zero-order chi connectivity index (χ0) is 15.2. The summed E-state index contributed by atoms with van der Waals surface area (Å²) < 4.78 is 0. The summed E-state index contributed by atoms with van der Waals surface area (Å²) in [5.74, 6) is -0.583. The highest BCUT2D eigenvalue weighted by Crippen LogP contribution is 2.14. The first-order chi connectivity index (χ1) is 10.1. The molecule has 0 bridgehead atoms. The third kappa shape index (κ3) is 3.52. The highest BCUT2D eigenvalue weighted by Gasteiger charge is 2.16. The van der Waals surface area contributed by atoms with E-state index in [1.807, 2.05) is 12.1 Å². The summed E-state index contributed by atoms with van der Waals surface area (Å²) in [5.41, 5.74) is 1.85. The molecule has 0 spiro atoms. The van der Waals surface area contributed by atoms with Gasteiger partial charge in [0.25, 0.3) is 0 Å². The van der Waals surface area contributed by atoms with E-state index < -0.39 is 0 Å². The quantitative estimate of drug-likeness (QED) is 0.372. The van der Waals surface area contributed by atoms with Crippen LogP contribution in [0.1, 0.15) is 28.4 Å². The van der Waals surface area contributed by atoms with E-state index in [2.05, 4.69) is 0 Å². The van der Waals surface area contributed by atoms with Crippen molar-refractivity contribution in [3.8, 4) is 6.07 Å². The Morgan fingerprint density at radius 3 is 2.14 bits per heavy atom. The third-order valence-electron chi connectivity index (χ3n) is 3.01. The van der Waals surface area contributed by atoms with Crippen LogP contribution in [0.3, 0.4) is 0 Å². The van der Waals surface area contributed by atoms with E-state index in [-0.39, 0.29) is 17.1 Å². The second-order valence-electron chi connectivity index (χ2n) is 4.54. The zero-order valence-electron chi connectivity index (χ0n) is 11.5. The molecule has 0 saturated carbocycles. The number of rotatable bonds is 4. The van der Waals surface area contributed by atoms with Crippen LogP contribution < -0.4 is 0 Å². The molecule has 0 aliphatic heterocycles. The predicted octanol–water partition coefficient (Wildman–Crippen LogP) is 3.41. The van der Waals surface area contributed by atoms with Crippen LogP contribution in [0.4, 0.5) is 0 Å². The fourth-order valence-electron chi connectivity index (χ4n) is 1.89. The summed E-state index contributed by atoms with van der Waals surface area (Å²) >= 11 is 0. The molecule has 0 atom stereocenters. The van der Waals surface area contributed by atoms with Gasteiger partial charge in [-0.05, 0) is 30.7 Å². The van der Waals surface area contributed by atoms with Gasteiger partial charge in [-0.3, -0.25) is 9.59 Å². The Morgan fingerprint density at radius 2 is 1.62 bits per heavy atom. The molecule has 0 fully saturated rings. The van der Waals surface area contributed by atoms with Crippen LogP contribution in [-0.4, -0.2) is 11.6 Å². The fourth-order valence-corrected chi connectivity index (χ4v) is 1.89. The van der Waals surface area contributed by atoms with Crippen LogP contribution >= 0.6 is 0 Å². The standard InChI is InChI=1S/C18H13NO2/c1-13(20)17(18(21)16-5-3-2-4-6-16)11-14-7-9-15(12-19)10-8-14/h2-11H,1H3/b17-11-.